The number of hydrogen-bond acceptors (Lipinski definition) is 6. The molecule has 1 aromatic carbocycles. The zero-order chi connectivity index (χ0) is 17.9. The molecule has 2 aromatic rings. The number of amides is 1. The number of pyridine rings is 1. The lowest BCUT2D eigenvalue weighted by Crippen LogP contribution is -2.26. The maximum atomic E-state index is 12.3. The Bertz CT molecular complexity index is 772. The van der Waals surface area contributed by atoms with E-state index in [0.717, 1.165) is 17.7 Å². The molecule has 0 spiro atoms. The summed E-state index contributed by atoms with van der Waals surface area (Å²) in [5.41, 5.74) is -0.380. The van der Waals surface area contributed by atoms with Crippen molar-refractivity contribution in [2.24, 2.45) is 0 Å². The van der Waals surface area contributed by atoms with E-state index in [0.29, 0.717) is 0 Å². The minimum atomic E-state index is -0.745. The average molecular weight is 330 g/mol. The van der Waals surface area contributed by atoms with Gasteiger partial charge in [-0.05, 0) is 31.5 Å². The third-order valence-corrected chi connectivity index (χ3v) is 3.56. The first-order valence-corrected chi connectivity index (χ1v) is 6.95. The van der Waals surface area contributed by atoms with Crippen LogP contribution in [0.2, 0.25) is 0 Å². The van der Waals surface area contributed by atoms with Crippen LogP contribution in [0.1, 0.15) is 34.5 Å². The lowest BCUT2D eigenvalue weighted by atomic mass is 10.1. The molecule has 1 unspecified atom stereocenters. The molecular weight excluding hydrogens is 316 g/mol. The molecule has 124 valence electrons. The second-order valence-corrected chi connectivity index (χ2v) is 5.13. The highest BCUT2D eigenvalue weighted by molar-refractivity contribution is 5.96. The van der Waals surface area contributed by atoms with Crippen LogP contribution in [0.4, 0.5) is 11.4 Å². The predicted molar refractivity (Wildman–Crippen MR) is 84.6 cm³/mol. The molecule has 2 rings (SSSR count). The lowest BCUT2D eigenvalue weighted by Gasteiger charge is -2.14. The summed E-state index contributed by atoms with van der Waals surface area (Å²) in [6.45, 7) is 3.00. The number of benzene rings is 1. The molecule has 1 heterocycles. The maximum absolute atomic E-state index is 12.3. The van der Waals surface area contributed by atoms with Crippen molar-refractivity contribution in [3.05, 3.63) is 73.6 Å². The minimum Gasteiger partial charge on any atom is -0.346 e. The normalized spacial score (nSPS) is 11.6. The van der Waals surface area contributed by atoms with E-state index in [1.54, 1.807) is 31.5 Å². The van der Waals surface area contributed by atoms with Gasteiger partial charge in [0.05, 0.1) is 21.5 Å². The summed E-state index contributed by atoms with van der Waals surface area (Å²) >= 11 is 0. The third-order valence-electron chi connectivity index (χ3n) is 3.56. The SMILES string of the molecule is Cc1c([N+](=O)[O-])cc(C(=O)NC(C)c2ccncc2)cc1[N+](=O)[O-]. The van der Waals surface area contributed by atoms with Crippen LogP contribution >= 0.6 is 0 Å². The molecule has 0 saturated carbocycles. The molecule has 0 aliphatic heterocycles. The van der Waals surface area contributed by atoms with E-state index >= 15 is 0 Å². The Morgan fingerprint density at radius 3 is 2.08 bits per heavy atom. The summed E-state index contributed by atoms with van der Waals surface area (Å²) in [6.07, 6.45) is 3.14. The van der Waals surface area contributed by atoms with Crippen LogP contribution in [0.5, 0.6) is 0 Å². The zero-order valence-corrected chi connectivity index (χ0v) is 12.9. The van der Waals surface area contributed by atoms with Crippen molar-refractivity contribution in [3.8, 4) is 0 Å². The highest BCUT2D eigenvalue weighted by atomic mass is 16.6. The molecule has 0 saturated heterocycles. The summed E-state index contributed by atoms with van der Waals surface area (Å²) in [5.74, 6) is -0.634. The standard InChI is InChI=1S/C15H14N4O5/c1-9-13(18(21)22)7-12(8-14(9)19(23)24)15(20)17-10(2)11-3-5-16-6-4-11/h3-8,10H,1-2H3,(H,17,20). The van der Waals surface area contributed by atoms with Crippen LogP contribution in [0.25, 0.3) is 0 Å². The lowest BCUT2D eigenvalue weighted by molar-refractivity contribution is -0.395. The fraction of sp³-hybridized carbons (Fsp3) is 0.200. The predicted octanol–water partition coefficient (Wildman–Crippen LogP) is 2.70. The fourth-order valence-corrected chi connectivity index (χ4v) is 2.21. The Morgan fingerprint density at radius 1 is 1.12 bits per heavy atom. The maximum Gasteiger partial charge on any atom is 0.279 e. The average Bonchev–Trinajstić information content (AvgIpc) is 2.55. The number of nitrogens with one attached hydrogen (secondary N) is 1. The quantitative estimate of drug-likeness (QED) is 0.663. The van der Waals surface area contributed by atoms with Gasteiger partial charge in [0.2, 0.25) is 0 Å². The Balaban J connectivity index is 2.35. The fourth-order valence-electron chi connectivity index (χ4n) is 2.21. The summed E-state index contributed by atoms with van der Waals surface area (Å²) in [6, 6.07) is 5.11. The van der Waals surface area contributed by atoms with Gasteiger partial charge in [-0.1, -0.05) is 0 Å². The van der Waals surface area contributed by atoms with Crippen molar-refractivity contribution in [1.29, 1.82) is 0 Å². The van der Waals surface area contributed by atoms with Crippen LogP contribution in [-0.2, 0) is 0 Å². The zero-order valence-electron chi connectivity index (χ0n) is 12.9. The molecular formula is C15H14N4O5. The van der Waals surface area contributed by atoms with Gasteiger partial charge in [0.25, 0.3) is 17.3 Å². The van der Waals surface area contributed by atoms with E-state index < -0.39 is 27.1 Å². The molecule has 1 N–H and O–H groups in total. The monoisotopic (exact) mass is 330 g/mol. The largest absolute Gasteiger partial charge is 0.346 e. The molecule has 1 atom stereocenters. The molecule has 0 radical (unpaired) electrons. The number of aromatic nitrogens is 1. The van der Waals surface area contributed by atoms with E-state index in [-0.39, 0.29) is 17.2 Å². The number of nitro benzene ring substituents is 2. The van der Waals surface area contributed by atoms with E-state index in [9.17, 15) is 25.0 Å². The van der Waals surface area contributed by atoms with Gasteiger partial charge < -0.3 is 5.32 Å². The number of rotatable bonds is 5. The number of carbonyl (C=O) groups is 1. The Labute approximate surface area is 136 Å². The summed E-state index contributed by atoms with van der Waals surface area (Å²) < 4.78 is 0. The van der Waals surface area contributed by atoms with Gasteiger partial charge in [0, 0.05) is 24.5 Å². The number of carbonyl (C=O) groups excluding carboxylic acids is 1. The van der Waals surface area contributed by atoms with Crippen LogP contribution in [-0.4, -0.2) is 20.7 Å². The first-order valence-electron chi connectivity index (χ1n) is 6.95. The van der Waals surface area contributed by atoms with Crippen LogP contribution in [0.3, 0.4) is 0 Å². The molecule has 0 aliphatic rings. The van der Waals surface area contributed by atoms with Crippen LogP contribution in [0.15, 0.2) is 36.7 Å². The molecule has 24 heavy (non-hydrogen) atoms. The van der Waals surface area contributed by atoms with E-state index in [2.05, 4.69) is 10.3 Å². The Hall–Kier alpha value is -3.36. The number of hydrogen-bond donors (Lipinski definition) is 1. The minimum absolute atomic E-state index is 0.0938. The molecule has 1 amide bonds. The highest BCUT2D eigenvalue weighted by Crippen LogP contribution is 2.29. The first-order chi connectivity index (χ1) is 11.3. The van der Waals surface area contributed by atoms with E-state index in [1.807, 2.05) is 0 Å². The van der Waals surface area contributed by atoms with Crippen LogP contribution in [0, 0.1) is 27.2 Å². The van der Waals surface area contributed by atoms with Gasteiger partial charge in [-0.25, -0.2) is 0 Å². The van der Waals surface area contributed by atoms with Crippen molar-refractivity contribution in [3.63, 3.8) is 0 Å². The second kappa shape index (κ2) is 6.82. The highest BCUT2D eigenvalue weighted by Gasteiger charge is 2.25. The van der Waals surface area contributed by atoms with Crippen molar-refractivity contribution in [2.45, 2.75) is 19.9 Å². The smallest absolute Gasteiger partial charge is 0.279 e. The molecule has 1 aromatic heterocycles. The number of nitrogens with zero attached hydrogens (tertiary/aromatic N) is 3. The second-order valence-electron chi connectivity index (χ2n) is 5.13. The van der Waals surface area contributed by atoms with Gasteiger partial charge in [0.1, 0.15) is 5.56 Å². The van der Waals surface area contributed by atoms with E-state index in [4.69, 9.17) is 0 Å². The van der Waals surface area contributed by atoms with E-state index in [1.165, 1.54) is 6.92 Å². The number of nitro groups is 2. The molecule has 0 bridgehead atoms. The first kappa shape index (κ1) is 17.0. The molecule has 9 heteroatoms. The Kier molecular flexibility index (Phi) is 4.83. The van der Waals surface area contributed by atoms with Crippen molar-refractivity contribution < 1.29 is 14.6 Å². The summed E-state index contributed by atoms with van der Waals surface area (Å²) in [4.78, 5) is 36.8. The van der Waals surface area contributed by atoms with Gasteiger partial charge in [-0.2, -0.15) is 0 Å². The van der Waals surface area contributed by atoms with Crippen molar-refractivity contribution >= 4 is 17.3 Å². The van der Waals surface area contributed by atoms with Crippen LogP contribution < -0.4 is 5.32 Å². The summed E-state index contributed by atoms with van der Waals surface area (Å²) in [7, 11) is 0. The Morgan fingerprint density at radius 2 is 1.62 bits per heavy atom. The molecule has 9 nitrogen and oxygen atoms in total. The summed E-state index contributed by atoms with van der Waals surface area (Å²) in [5, 5.41) is 24.8. The van der Waals surface area contributed by atoms with Gasteiger partial charge >= 0.3 is 0 Å². The van der Waals surface area contributed by atoms with Gasteiger partial charge in [-0.15, -0.1) is 0 Å². The topological polar surface area (TPSA) is 128 Å². The third kappa shape index (κ3) is 3.51. The van der Waals surface area contributed by atoms with Crippen molar-refractivity contribution in [1.82, 2.24) is 10.3 Å². The molecule has 0 fully saturated rings. The van der Waals surface area contributed by atoms with Crippen molar-refractivity contribution in [2.75, 3.05) is 0 Å². The van der Waals surface area contributed by atoms with Gasteiger partial charge in [-0.3, -0.25) is 30.0 Å². The molecule has 0 aliphatic carbocycles. The van der Waals surface area contributed by atoms with Gasteiger partial charge in [0.15, 0.2) is 0 Å².